The number of piperidine rings is 1. The zero-order valence-electron chi connectivity index (χ0n) is 14.3. The minimum Gasteiger partial charge on any atom is -0.358 e. The fraction of sp³-hybridized carbons (Fsp3) is 0.444. The van der Waals surface area contributed by atoms with Crippen LogP contribution in [0.5, 0.6) is 0 Å². The van der Waals surface area contributed by atoms with E-state index >= 15 is 0 Å². The summed E-state index contributed by atoms with van der Waals surface area (Å²) in [5.74, 6) is 0.262. The van der Waals surface area contributed by atoms with Crippen LogP contribution in [-0.2, 0) is 17.8 Å². The molecule has 132 valence electrons. The Morgan fingerprint density at radius 2 is 2.08 bits per heavy atom. The van der Waals surface area contributed by atoms with Gasteiger partial charge < -0.3 is 15.0 Å². The average molecular weight is 342 g/mol. The van der Waals surface area contributed by atoms with E-state index in [1.54, 1.807) is 11.5 Å². The van der Waals surface area contributed by atoms with Gasteiger partial charge in [-0.1, -0.05) is 30.3 Å². The molecule has 1 atom stereocenters. The van der Waals surface area contributed by atoms with E-state index in [-0.39, 0.29) is 24.3 Å². The predicted molar refractivity (Wildman–Crippen MR) is 93.1 cm³/mol. The van der Waals surface area contributed by atoms with Crippen LogP contribution < -0.4 is 0 Å². The molecule has 1 amide bonds. The second kappa shape index (κ2) is 7.46. The minimum absolute atomic E-state index is 0.00368. The molecule has 2 aromatic rings. The first kappa shape index (κ1) is 17.1. The smallest absolute Gasteiger partial charge is 0.358 e. The van der Waals surface area contributed by atoms with Crippen molar-refractivity contribution in [2.75, 3.05) is 6.54 Å². The van der Waals surface area contributed by atoms with Crippen LogP contribution in [0.25, 0.3) is 0 Å². The summed E-state index contributed by atoms with van der Waals surface area (Å²) in [5, 5.41) is 10.8. The standard InChI is InChI=1S/C18H22N4O3/c1-14-19-17(22(24)25)12-20(14)13-18(23)21-10-6-5-9-16(21)11-15-7-3-2-4-8-15/h2-4,7-8,12,16H,5-6,9-11,13H2,1H3/t16-/m0/s1. The van der Waals surface area contributed by atoms with Gasteiger partial charge >= 0.3 is 5.82 Å². The molecule has 1 aromatic heterocycles. The number of carbonyl (C=O) groups is 1. The molecule has 1 saturated heterocycles. The third-order valence-corrected chi connectivity index (χ3v) is 4.72. The Balaban J connectivity index is 1.71. The first-order valence-corrected chi connectivity index (χ1v) is 8.56. The van der Waals surface area contributed by atoms with Crippen molar-refractivity contribution in [3.05, 3.63) is 58.0 Å². The molecule has 7 heteroatoms. The van der Waals surface area contributed by atoms with E-state index in [1.807, 2.05) is 23.1 Å². The van der Waals surface area contributed by atoms with Gasteiger partial charge in [0.2, 0.25) is 11.7 Å². The van der Waals surface area contributed by atoms with Gasteiger partial charge in [-0.15, -0.1) is 0 Å². The summed E-state index contributed by atoms with van der Waals surface area (Å²) in [5.41, 5.74) is 1.22. The monoisotopic (exact) mass is 342 g/mol. The predicted octanol–water partition coefficient (Wildman–Crippen LogP) is 2.72. The number of carbonyl (C=O) groups excluding carboxylic acids is 1. The molecule has 1 fully saturated rings. The Morgan fingerprint density at radius 1 is 1.32 bits per heavy atom. The van der Waals surface area contributed by atoms with Crippen molar-refractivity contribution in [3.8, 4) is 0 Å². The molecule has 0 spiro atoms. The highest BCUT2D eigenvalue weighted by Gasteiger charge is 2.28. The van der Waals surface area contributed by atoms with Crippen LogP contribution in [0.1, 0.15) is 30.7 Å². The molecule has 0 radical (unpaired) electrons. The van der Waals surface area contributed by atoms with Crippen LogP contribution in [0, 0.1) is 17.0 Å². The summed E-state index contributed by atoms with van der Waals surface area (Å²) >= 11 is 0. The maximum absolute atomic E-state index is 12.8. The number of aryl methyl sites for hydroxylation is 1. The maximum atomic E-state index is 12.8. The van der Waals surface area contributed by atoms with Crippen LogP contribution in [0.4, 0.5) is 5.82 Å². The summed E-state index contributed by atoms with van der Waals surface area (Å²) in [4.78, 5) is 28.9. The van der Waals surface area contributed by atoms with Gasteiger partial charge in [-0.3, -0.25) is 9.36 Å². The van der Waals surface area contributed by atoms with Crippen molar-refractivity contribution in [2.24, 2.45) is 0 Å². The van der Waals surface area contributed by atoms with Gasteiger partial charge in [0.1, 0.15) is 12.7 Å². The maximum Gasteiger partial charge on any atom is 0.381 e. The van der Waals surface area contributed by atoms with Crippen LogP contribution in [0.15, 0.2) is 36.5 Å². The molecule has 0 unspecified atom stereocenters. The highest BCUT2D eigenvalue weighted by atomic mass is 16.6. The van der Waals surface area contributed by atoms with Crippen molar-refractivity contribution in [3.63, 3.8) is 0 Å². The van der Waals surface area contributed by atoms with Crippen LogP contribution >= 0.6 is 0 Å². The molecule has 3 rings (SSSR count). The fourth-order valence-electron chi connectivity index (χ4n) is 3.40. The van der Waals surface area contributed by atoms with E-state index in [4.69, 9.17) is 0 Å². The Hall–Kier alpha value is -2.70. The molecule has 0 bridgehead atoms. The van der Waals surface area contributed by atoms with E-state index in [2.05, 4.69) is 17.1 Å². The van der Waals surface area contributed by atoms with Crippen molar-refractivity contribution in [2.45, 2.75) is 45.2 Å². The molecule has 0 aliphatic carbocycles. The Bertz CT molecular complexity index is 757. The average Bonchev–Trinajstić information content (AvgIpc) is 2.97. The first-order valence-electron chi connectivity index (χ1n) is 8.56. The largest absolute Gasteiger partial charge is 0.381 e. The summed E-state index contributed by atoms with van der Waals surface area (Å²) in [6.45, 7) is 2.52. The number of benzene rings is 1. The number of imidazole rings is 1. The normalized spacial score (nSPS) is 17.5. The minimum atomic E-state index is -0.535. The van der Waals surface area contributed by atoms with E-state index < -0.39 is 4.92 Å². The van der Waals surface area contributed by atoms with Gasteiger partial charge in [0.05, 0.1) is 0 Å². The lowest BCUT2D eigenvalue weighted by Gasteiger charge is -2.36. The highest BCUT2D eigenvalue weighted by molar-refractivity contribution is 5.76. The quantitative estimate of drug-likeness (QED) is 0.618. The van der Waals surface area contributed by atoms with Gasteiger partial charge in [0.25, 0.3) is 0 Å². The Morgan fingerprint density at radius 3 is 2.76 bits per heavy atom. The number of hydrogen-bond acceptors (Lipinski definition) is 4. The van der Waals surface area contributed by atoms with Crippen LogP contribution in [0.3, 0.4) is 0 Å². The van der Waals surface area contributed by atoms with Gasteiger partial charge in [-0.25, -0.2) is 0 Å². The zero-order chi connectivity index (χ0) is 17.8. The van der Waals surface area contributed by atoms with Crippen molar-refractivity contribution in [1.29, 1.82) is 0 Å². The third kappa shape index (κ3) is 4.04. The highest BCUT2D eigenvalue weighted by Crippen LogP contribution is 2.22. The molecule has 1 aliphatic rings. The van der Waals surface area contributed by atoms with Crippen molar-refractivity contribution in [1.82, 2.24) is 14.5 Å². The lowest BCUT2D eigenvalue weighted by Crippen LogP contribution is -2.46. The molecule has 0 saturated carbocycles. The molecular formula is C18H22N4O3. The number of aromatic nitrogens is 2. The molecule has 2 heterocycles. The second-order valence-corrected chi connectivity index (χ2v) is 6.46. The van der Waals surface area contributed by atoms with Gasteiger partial charge in [0, 0.05) is 19.5 Å². The Kier molecular flexibility index (Phi) is 5.11. The van der Waals surface area contributed by atoms with Crippen molar-refractivity contribution < 1.29 is 9.72 Å². The molecule has 1 aromatic carbocycles. The van der Waals surface area contributed by atoms with Crippen molar-refractivity contribution >= 4 is 11.7 Å². The van der Waals surface area contributed by atoms with Gasteiger partial charge in [-0.05, 0) is 41.2 Å². The third-order valence-electron chi connectivity index (χ3n) is 4.72. The molecule has 0 N–H and O–H groups in total. The second-order valence-electron chi connectivity index (χ2n) is 6.46. The first-order chi connectivity index (χ1) is 12.0. The molecule has 25 heavy (non-hydrogen) atoms. The number of likely N-dealkylation sites (tertiary alicyclic amines) is 1. The fourth-order valence-corrected chi connectivity index (χ4v) is 3.40. The lowest BCUT2D eigenvalue weighted by atomic mass is 9.95. The van der Waals surface area contributed by atoms with E-state index in [0.29, 0.717) is 5.82 Å². The molecule has 7 nitrogen and oxygen atoms in total. The van der Waals surface area contributed by atoms with Crippen LogP contribution in [0.2, 0.25) is 0 Å². The number of rotatable bonds is 5. The van der Waals surface area contributed by atoms with E-state index in [9.17, 15) is 14.9 Å². The summed E-state index contributed by atoms with van der Waals surface area (Å²) in [6.07, 6.45) is 5.29. The van der Waals surface area contributed by atoms with Gasteiger partial charge in [0.15, 0.2) is 0 Å². The number of hydrogen-bond donors (Lipinski definition) is 0. The summed E-state index contributed by atoms with van der Waals surface area (Å²) < 4.78 is 1.56. The SMILES string of the molecule is Cc1nc([N+](=O)[O-])cn1CC(=O)N1CCCC[C@H]1Cc1ccccc1. The van der Waals surface area contributed by atoms with Gasteiger partial charge in [-0.2, -0.15) is 0 Å². The van der Waals surface area contributed by atoms with E-state index in [1.165, 1.54) is 11.8 Å². The zero-order valence-corrected chi connectivity index (χ0v) is 14.3. The summed E-state index contributed by atoms with van der Waals surface area (Å²) in [6, 6.07) is 10.4. The van der Waals surface area contributed by atoms with E-state index in [0.717, 1.165) is 32.2 Å². The number of nitro groups is 1. The number of amides is 1. The topological polar surface area (TPSA) is 81.3 Å². The summed E-state index contributed by atoms with van der Waals surface area (Å²) in [7, 11) is 0. The Labute approximate surface area is 146 Å². The molecule has 1 aliphatic heterocycles. The van der Waals surface area contributed by atoms with Crippen LogP contribution in [-0.4, -0.2) is 37.9 Å². The molecular weight excluding hydrogens is 320 g/mol. The lowest BCUT2D eigenvalue weighted by molar-refractivity contribution is -0.389. The number of nitrogens with zero attached hydrogens (tertiary/aromatic N) is 4.